The molecule has 0 bridgehead atoms. The predicted octanol–water partition coefficient (Wildman–Crippen LogP) is 2.51. The highest BCUT2D eigenvalue weighted by atomic mass is 16.5. The fraction of sp³-hybridized carbons (Fsp3) is 0.188. The minimum atomic E-state index is 0.0824. The van der Waals surface area contributed by atoms with Gasteiger partial charge in [-0.05, 0) is 29.3 Å². The third-order valence-electron chi connectivity index (χ3n) is 2.95. The van der Waals surface area contributed by atoms with Crippen LogP contribution in [0.2, 0.25) is 0 Å². The summed E-state index contributed by atoms with van der Waals surface area (Å²) >= 11 is 0. The number of benzene rings is 2. The topological polar surface area (TPSA) is 77.1 Å². The highest BCUT2D eigenvalue weighted by Gasteiger charge is 2.02. The van der Waals surface area contributed by atoms with Gasteiger partial charge in [-0.3, -0.25) is 0 Å². The van der Waals surface area contributed by atoms with Gasteiger partial charge >= 0.3 is 0 Å². The van der Waals surface area contributed by atoms with Crippen LogP contribution in [0, 0.1) is 0 Å². The molecule has 0 atom stereocenters. The van der Waals surface area contributed by atoms with Crippen LogP contribution >= 0.6 is 0 Å². The third-order valence-corrected chi connectivity index (χ3v) is 2.95. The minimum Gasteiger partial charge on any atom is -0.489 e. The van der Waals surface area contributed by atoms with Crippen molar-refractivity contribution in [3.05, 3.63) is 65.2 Å². The van der Waals surface area contributed by atoms with E-state index in [0.717, 1.165) is 16.9 Å². The Morgan fingerprint density at radius 3 is 2.52 bits per heavy atom. The van der Waals surface area contributed by atoms with Crippen molar-refractivity contribution in [2.24, 2.45) is 10.9 Å². The van der Waals surface area contributed by atoms with Gasteiger partial charge < -0.3 is 20.4 Å². The molecule has 21 heavy (non-hydrogen) atoms. The lowest BCUT2D eigenvalue weighted by atomic mass is 10.1. The first-order chi connectivity index (χ1) is 10.2. The molecular formula is C16H18N2O3. The molecule has 110 valence electrons. The second kappa shape index (κ2) is 7.31. The van der Waals surface area contributed by atoms with Crippen LogP contribution in [0.25, 0.3) is 0 Å². The molecule has 0 saturated heterocycles. The maximum absolute atomic E-state index is 8.69. The van der Waals surface area contributed by atoms with E-state index >= 15 is 0 Å². The molecule has 0 aliphatic rings. The van der Waals surface area contributed by atoms with Gasteiger partial charge in [-0.2, -0.15) is 0 Å². The molecule has 0 aliphatic carbocycles. The molecule has 0 spiro atoms. The maximum Gasteiger partial charge on any atom is 0.170 e. The Morgan fingerprint density at radius 2 is 1.81 bits per heavy atom. The first-order valence-electron chi connectivity index (χ1n) is 6.50. The molecule has 2 rings (SSSR count). The summed E-state index contributed by atoms with van der Waals surface area (Å²) in [4.78, 5) is 0. The van der Waals surface area contributed by atoms with Crippen LogP contribution in [0.3, 0.4) is 0 Å². The van der Waals surface area contributed by atoms with Crippen LogP contribution in [-0.2, 0) is 18.0 Å². The van der Waals surface area contributed by atoms with Crippen molar-refractivity contribution in [2.45, 2.75) is 13.2 Å². The van der Waals surface area contributed by atoms with Crippen molar-refractivity contribution in [3.8, 4) is 5.75 Å². The van der Waals surface area contributed by atoms with Crippen LogP contribution in [0.1, 0.15) is 16.7 Å². The van der Waals surface area contributed by atoms with Crippen molar-refractivity contribution in [1.29, 1.82) is 0 Å². The first-order valence-corrected chi connectivity index (χ1v) is 6.50. The number of hydrogen-bond acceptors (Lipinski definition) is 4. The van der Waals surface area contributed by atoms with Crippen molar-refractivity contribution in [2.75, 3.05) is 7.11 Å². The summed E-state index contributed by atoms with van der Waals surface area (Å²) in [5.74, 6) is 0.859. The monoisotopic (exact) mass is 286 g/mol. The molecule has 0 aliphatic heterocycles. The summed E-state index contributed by atoms with van der Waals surface area (Å²) in [5.41, 5.74) is 8.22. The summed E-state index contributed by atoms with van der Waals surface area (Å²) < 4.78 is 10.8. The number of nitrogens with two attached hydrogens (primary N) is 1. The highest BCUT2D eigenvalue weighted by Crippen LogP contribution is 2.16. The summed E-state index contributed by atoms with van der Waals surface area (Å²) in [5, 5.41) is 11.7. The number of ether oxygens (including phenoxy) is 2. The van der Waals surface area contributed by atoms with Crippen LogP contribution < -0.4 is 10.5 Å². The van der Waals surface area contributed by atoms with Gasteiger partial charge in [-0.1, -0.05) is 35.5 Å². The zero-order chi connectivity index (χ0) is 15.1. The molecule has 5 nitrogen and oxygen atoms in total. The molecule has 0 saturated carbocycles. The van der Waals surface area contributed by atoms with Crippen LogP contribution in [0.15, 0.2) is 53.7 Å². The van der Waals surface area contributed by atoms with Crippen molar-refractivity contribution in [1.82, 2.24) is 0 Å². The van der Waals surface area contributed by atoms with E-state index in [1.165, 1.54) is 0 Å². The Balaban J connectivity index is 2.04. The highest BCUT2D eigenvalue weighted by molar-refractivity contribution is 5.97. The molecule has 0 aromatic heterocycles. The van der Waals surface area contributed by atoms with E-state index in [1.807, 2.05) is 42.5 Å². The quantitative estimate of drug-likeness (QED) is 0.370. The molecular weight excluding hydrogens is 268 g/mol. The van der Waals surface area contributed by atoms with Crippen LogP contribution in [0.5, 0.6) is 5.75 Å². The average molecular weight is 286 g/mol. The fourth-order valence-corrected chi connectivity index (χ4v) is 1.94. The summed E-state index contributed by atoms with van der Waals surface area (Å²) in [6.07, 6.45) is 0. The Morgan fingerprint density at radius 1 is 1.10 bits per heavy atom. The van der Waals surface area contributed by atoms with E-state index < -0.39 is 0 Å². The van der Waals surface area contributed by atoms with Gasteiger partial charge in [0.05, 0.1) is 6.61 Å². The molecule has 0 heterocycles. The molecule has 0 unspecified atom stereocenters. The molecule has 5 heteroatoms. The summed E-state index contributed by atoms with van der Waals surface area (Å²) in [6.45, 7) is 0.958. The Hall–Kier alpha value is -2.53. The lowest BCUT2D eigenvalue weighted by Crippen LogP contribution is -2.13. The number of hydrogen-bond donors (Lipinski definition) is 2. The number of methoxy groups -OCH3 is 1. The number of nitrogens with zero attached hydrogens (tertiary/aromatic N) is 1. The van der Waals surface area contributed by atoms with E-state index in [-0.39, 0.29) is 5.84 Å². The number of oxime groups is 1. The van der Waals surface area contributed by atoms with Gasteiger partial charge in [0.25, 0.3) is 0 Å². The minimum absolute atomic E-state index is 0.0824. The SMILES string of the molecule is COCc1cccc(OCc2cccc(C(N)=NO)c2)c1. The van der Waals surface area contributed by atoms with Crippen LogP contribution in [0.4, 0.5) is 0 Å². The Kier molecular flexibility index (Phi) is 5.17. The summed E-state index contributed by atoms with van der Waals surface area (Å²) in [7, 11) is 1.66. The zero-order valence-electron chi connectivity index (χ0n) is 11.8. The van der Waals surface area contributed by atoms with Gasteiger partial charge in [0.15, 0.2) is 5.84 Å². The molecule has 0 fully saturated rings. The van der Waals surface area contributed by atoms with Gasteiger partial charge in [-0.25, -0.2) is 0 Å². The Bertz CT molecular complexity index is 626. The second-order valence-electron chi connectivity index (χ2n) is 4.55. The Labute approximate surface area is 123 Å². The van der Waals surface area contributed by atoms with Gasteiger partial charge in [-0.15, -0.1) is 0 Å². The molecule has 2 aromatic carbocycles. The zero-order valence-corrected chi connectivity index (χ0v) is 11.8. The van der Waals surface area contributed by atoms with Gasteiger partial charge in [0.1, 0.15) is 12.4 Å². The van der Waals surface area contributed by atoms with E-state index in [2.05, 4.69) is 5.16 Å². The predicted molar refractivity (Wildman–Crippen MR) is 80.4 cm³/mol. The van der Waals surface area contributed by atoms with Crippen LogP contribution in [-0.4, -0.2) is 18.2 Å². The number of amidine groups is 1. The second-order valence-corrected chi connectivity index (χ2v) is 4.55. The first kappa shape index (κ1) is 14.9. The maximum atomic E-state index is 8.69. The molecule has 0 radical (unpaired) electrons. The van der Waals surface area contributed by atoms with E-state index in [1.54, 1.807) is 13.2 Å². The summed E-state index contributed by atoms with van der Waals surface area (Å²) in [6, 6.07) is 15.1. The van der Waals surface area contributed by atoms with Gasteiger partial charge in [0, 0.05) is 12.7 Å². The average Bonchev–Trinajstić information content (AvgIpc) is 2.53. The third kappa shape index (κ3) is 4.22. The van der Waals surface area contributed by atoms with Gasteiger partial charge in [0.2, 0.25) is 0 Å². The van der Waals surface area contributed by atoms with E-state index in [4.69, 9.17) is 20.4 Å². The van der Waals surface area contributed by atoms with E-state index in [0.29, 0.717) is 18.8 Å². The normalized spacial score (nSPS) is 11.4. The molecule has 3 N–H and O–H groups in total. The smallest absolute Gasteiger partial charge is 0.170 e. The molecule has 0 amide bonds. The van der Waals surface area contributed by atoms with Crippen molar-refractivity contribution < 1.29 is 14.7 Å². The standard InChI is InChI=1S/C16H18N2O3/c1-20-10-13-5-3-7-15(9-13)21-11-12-4-2-6-14(8-12)16(17)18-19/h2-9,19H,10-11H2,1H3,(H2,17,18). The lowest BCUT2D eigenvalue weighted by Gasteiger charge is -2.09. The largest absolute Gasteiger partial charge is 0.489 e. The van der Waals surface area contributed by atoms with Crippen molar-refractivity contribution >= 4 is 5.84 Å². The van der Waals surface area contributed by atoms with E-state index in [9.17, 15) is 0 Å². The van der Waals surface area contributed by atoms with Crippen molar-refractivity contribution in [3.63, 3.8) is 0 Å². The fourth-order valence-electron chi connectivity index (χ4n) is 1.94. The molecule has 2 aromatic rings. The lowest BCUT2D eigenvalue weighted by molar-refractivity contribution is 0.184. The number of rotatable bonds is 6.